The Morgan fingerprint density at radius 1 is 0.538 bits per heavy atom. The van der Waals surface area contributed by atoms with Crippen LogP contribution in [0.4, 0.5) is 22.7 Å². The summed E-state index contributed by atoms with van der Waals surface area (Å²) < 4.78 is 0. The molecular weight excluding hydrogens is 542 g/mol. The minimum atomic E-state index is -1.50. The Kier molecular flexibility index (Phi) is 12.3. The molecule has 0 amide bonds. The van der Waals surface area contributed by atoms with E-state index in [9.17, 15) is 30.0 Å². The second-order valence-electron chi connectivity index (χ2n) is 7.47. The summed E-state index contributed by atoms with van der Waals surface area (Å²) in [6.45, 7) is 0. The largest absolute Gasteiger partial charge is 1.00 e. The van der Waals surface area contributed by atoms with E-state index in [2.05, 4.69) is 20.5 Å². The summed E-state index contributed by atoms with van der Waals surface area (Å²) >= 11 is 1.50. The van der Waals surface area contributed by atoms with Gasteiger partial charge in [-0.2, -0.15) is 20.5 Å². The molecule has 184 valence electrons. The molecule has 0 aromatic heterocycles. The third-order valence-corrected chi connectivity index (χ3v) is 5.89. The predicted octanol–water partition coefficient (Wildman–Crippen LogP) is -1.19. The van der Waals surface area contributed by atoms with Crippen LogP contribution < -0.4 is 69.3 Å². The number of phenols is 2. The summed E-state index contributed by atoms with van der Waals surface area (Å²) in [5.41, 5.74) is 0.912. The second-order valence-corrected chi connectivity index (χ2v) is 8.61. The summed E-state index contributed by atoms with van der Waals surface area (Å²) in [7, 11) is 0. The van der Waals surface area contributed by atoms with Gasteiger partial charge in [0.25, 0.3) is 0 Å². The average molecular weight is 558 g/mol. The summed E-state index contributed by atoms with van der Waals surface area (Å²) in [5.74, 6) is -3.81. The van der Waals surface area contributed by atoms with E-state index in [4.69, 9.17) is 0 Å². The number of carbonyl (C=O) groups is 2. The zero-order valence-corrected chi connectivity index (χ0v) is 25.6. The molecule has 13 heteroatoms. The maximum atomic E-state index is 11.0. The molecule has 10 nitrogen and oxygen atoms in total. The number of rotatable bonds is 8. The van der Waals surface area contributed by atoms with Crippen molar-refractivity contribution in [3.05, 3.63) is 96.1 Å². The Morgan fingerprint density at radius 2 is 0.846 bits per heavy atom. The van der Waals surface area contributed by atoms with Gasteiger partial charge >= 0.3 is 59.1 Å². The van der Waals surface area contributed by atoms with Gasteiger partial charge in [-0.05, 0) is 84.9 Å². The van der Waals surface area contributed by atoms with E-state index in [0.29, 0.717) is 11.4 Å². The van der Waals surface area contributed by atoms with Crippen LogP contribution in [0, 0.1) is 0 Å². The van der Waals surface area contributed by atoms with E-state index in [-0.39, 0.29) is 81.6 Å². The maximum absolute atomic E-state index is 11.0. The Balaban J connectivity index is 0.00000267. The van der Waals surface area contributed by atoms with Crippen molar-refractivity contribution in [2.24, 2.45) is 20.5 Å². The number of hydrogen-bond acceptors (Lipinski definition) is 11. The Bertz CT molecular complexity index is 1420. The number of aromatic hydroxyl groups is 2. The molecule has 0 unspecified atom stereocenters. The van der Waals surface area contributed by atoms with Gasteiger partial charge in [0.05, 0.1) is 34.7 Å². The number of aromatic carboxylic acids is 2. The first kappa shape index (κ1) is 32.2. The average Bonchev–Trinajstić information content (AvgIpc) is 2.89. The van der Waals surface area contributed by atoms with Gasteiger partial charge in [-0.25, -0.2) is 0 Å². The van der Waals surface area contributed by atoms with Gasteiger partial charge < -0.3 is 30.0 Å². The molecule has 0 radical (unpaired) electrons. The van der Waals surface area contributed by atoms with Gasteiger partial charge in [-0.15, -0.1) is 0 Å². The van der Waals surface area contributed by atoms with Crippen molar-refractivity contribution in [3.63, 3.8) is 0 Å². The number of carboxylic acid groups (broad SMARTS) is 2. The van der Waals surface area contributed by atoms with Crippen LogP contribution in [0.3, 0.4) is 0 Å². The smallest absolute Gasteiger partial charge is 0.545 e. The van der Waals surface area contributed by atoms with Crippen molar-refractivity contribution in [1.82, 2.24) is 0 Å². The van der Waals surface area contributed by atoms with Gasteiger partial charge in [-0.1, -0.05) is 11.8 Å². The standard InChI is InChI=1S/C26H18N4O6S.2Na/c31-23-11-5-17(13-21(23)25(33)34)29-27-15-1-7-19(8-2-15)37-20-9-3-16(4-10-20)28-30-18-6-12-24(32)22(14-18)26(35)36;;/h1-14,31-32H,(H,33,34)(H,35,36);;/q;2*+1/p-2. The molecule has 0 aliphatic carbocycles. The van der Waals surface area contributed by atoms with E-state index in [0.717, 1.165) is 9.79 Å². The van der Waals surface area contributed by atoms with Crippen LogP contribution in [0.2, 0.25) is 0 Å². The van der Waals surface area contributed by atoms with E-state index in [1.807, 2.05) is 24.3 Å². The fourth-order valence-electron chi connectivity index (χ4n) is 3.03. The number of azo groups is 2. The Morgan fingerprint density at radius 3 is 1.18 bits per heavy atom. The van der Waals surface area contributed by atoms with Crippen LogP contribution in [0.5, 0.6) is 11.5 Å². The molecule has 2 N–H and O–H groups in total. The van der Waals surface area contributed by atoms with Gasteiger partial charge in [0.2, 0.25) is 0 Å². The Labute approximate surface area is 271 Å². The summed E-state index contributed by atoms with van der Waals surface area (Å²) in [6, 6.07) is 22.1. The van der Waals surface area contributed by atoms with E-state index >= 15 is 0 Å². The van der Waals surface area contributed by atoms with E-state index in [1.165, 1.54) is 48.2 Å². The minimum absolute atomic E-state index is 0. The van der Waals surface area contributed by atoms with E-state index in [1.54, 1.807) is 24.3 Å². The molecule has 0 aliphatic heterocycles. The van der Waals surface area contributed by atoms with Crippen molar-refractivity contribution in [2.45, 2.75) is 9.79 Å². The minimum Gasteiger partial charge on any atom is -0.545 e. The van der Waals surface area contributed by atoms with Crippen molar-refractivity contribution >= 4 is 46.5 Å². The molecule has 0 saturated carbocycles. The van der Waals surface area contributed by atoms with Crippen molar-refractivity contribution in [2.75, 3.05) is 0 Å². The van der Waals surface area contributed by atoms with Crippen molar-refractivity contribution in [3.8, 4) is 11.5 Å². The molecule has 4 rings (SSSR count). The first-order valence-corrected chi connectivity index (χ1v) is 11.4. The summed E-state index contributed by atoms with van der Waals surface area (Å²) in [5, 5.41) is 57.2. The van der Waals surface area contributed by atoms with Crippen LogP contribution >= 0.6 is 11.8 Å². The normalized spacial score (nSPS) is 10.7. The van der Waals surface area contributed by atoms with Crippen LogP contribution in [0.1, 0.15) is 20.7 Å². The van der Waals surface area contributed by atoms with Gasteiger partial charge in [-0.3, -0.25) is 0 Å². The van der Waals surface area contributed by atoms with Gasteiger partial charge in [0.15, 0.2) is 0 Å². The first-order chi connectivity index (χ1) is 17.8. The third-order valence-electron chi connectivity index (χ3n) is 4.87. The molecule has 0 fully saturated rings. The SMILES string of the molecule is O=C([O-])c1cc(N=Nc2ccc(Sc3ccc(N=Nc4ccc(O)c(C(=O)[O-])c4)cc3)cc2)ccc1O.[Na+].[Na+]. The molecule has 4 aromatic carbocycles. The molecule has 0 atom stereocenters. The summed E-state index contributed by atoms with van der Waals surface area (Å²) in [6.07, 6.45) is 0. The van der Waals surface area contributed by atoms with Crippen LogP contribution in [-0.2, 0) is 0 Å². The quantitative estimate of drug-likeness (QED) is 0.202. The zero-order valence-electron chi connectivity index (χ0n) is 20.8. The summed E-state index contributed by atoms with van der Waals surface area (Å²) in [4.78, 5) is 23.9. The van der Waals surface area contributed by atoms with Crippen LogP contribution in [-0.4, -0.2) is 22.2 Å². The monoisotopic (exact) mass is 558 g/mol. The molecule has 4 aromatic rings. The number of nitrogens with zero attached hydrogens (tertiary/aromatic N) is 4. The predicted molar refractivity (Wildman–Crippen MR) is 130 cm³/mol. The van der Waals surface area contributed by atoms with Crippen LogP contribution in [0.25, 0.3) is 0 Å². The molecular formula is C26H16N4Na2O6S. The molecule has 0 spiro atoms. The molecule has 39 heavy (non-hydrogen) atoms. The molecule has 0 saturated heterocycles. The molecule has 0 heterocycles. The van der Waals surface area contributed by atoms with Crippen molar-refractivity contribution in [1.29, 1.82) is 0 Å². The first-order valence-electron chi connectivity index (χ1n) is 10.6. The van der Waals surface area contributed by atoms with Gasteiger partial charge in [0, 0.05) is 20.9 Å². The van der Waals surface area contributed by atoms with E-state index < -0.39 is 23.4 Å². The number of carbonyl (C=O) groups excluding carboxylic acids is 2. The topological polar surface area (TPSA) is 170 Å². The second kappa shape index (κ2) is 14.9. The fourth-order valence-corrected chi connectivity index (χ4v) is 3.84. The fraction of sp³-hybridized carbons (Fsp3) is 0. The Hall–Kier alpha value is -3.03. The number of hydrogen-bond donors (Lipinski definition) is 2. The number of benzene rings is 4. The molecule has 0 bridgehead atoms. The van der Waals surface area contributed by atoms with Gasteiger partial charge in [0.1, 0.15) is 11.5 Å². The number of carboxylic acids is 2. The van der Waals surface area contributed by atoms with Crippen LogP contribution in [0.15, 0.2) is 115 Å². The van der Waals surface area contributed by atoms with Crippen molar-refractivity contribution < 1.29 is 89.1 Å². The maximum Gasteiger partial charge on any atom is 1.00 e. The zero-order chi connectivity index (χ0) is 26.4. The molecule has 0 aliphatic rings. The third kappa shape index (κ3) is 9.01.